The normalized spacial score (nSPS) is 20.1. The van der Waals surface area contributed by atoms with E-state index in [0.29, 0.717) is 38.4 Å². The van der Waals surface area contributed by atoms with E-state index in [1.807, 2.05) is 30.2 Å². The zero-order chi connectivity index (χ0) is 20.4. The van der Waals surface area contributed by atoms with Gasteiger partial charge in [-0.3, -0.25) is 19.4 Å². The van der Waals surface area contributed by atoms with Crippen molar-refractivity contribution >= 4 is 17.6 Å². The fourth-order valence-corrected chi connectivity index (χ4v) is 3.86. The molecule has 4 heterocycles. The Bertz CT molecular complexity index is 895. The van der Waals surface area contributed by atoms with Gasteiger partial charge in [0.25, 0.3) is 5.91 Å². The lowest BCUT2D eigenvalue weighted by atomic mass is 9.94. The Morgan fingerprint density at radius 1 is 1.14 bits per heavy atom. The Morgan fingerprint density at radius 3 is 2.62 bits per heavy atom. The summed E-state index contributed by atoms with van der Waals surface area (Å²) in [5, 5.41) is 1.54. The molecule has 0 bridgehead atoms. The topological polar surface area (TPSA) is 115 Å². The van der Waals surface area contributed by atoms with E-state index in [4.69, 9.17) is 10.6 Å². The molecule has 29 heavy (non-hydrogen) atoms. The highest BCUT2D eigenvalue weighted by atomic mass is 16.7. The molecule has 2 N–H and O–H groups in total. The number of carbonyl (C=O) groups is 2. The Labute approximate surface area is 168 Å². The first-order valence-electron chi connectivity index (χ1n) is 9.78. The molecule has 152 valence electrons. The van der Waals surface area contributed by atoms with Gasteiger partial charge in [-0.2, -0.15) is 0 Å². The average Bonchev–Trinajstić information content (AvgIpc) is 3.24. The van der Waals surface area contributed by atoms with Crippen LogP contribution in [0.25, 0.3) is 0 Å². The number of nitrogens with zero attached hydrogens (tertiary/aromatic N) is 5. The van der Waals surface area contributed by atoms with Crippen LogP contribution in [0.15, 0.2) is 30.7 Å². The second-order valence-electron chi connectivity index (χ2n) is 7.42. The molecule has 0 radical (unpaired) electrons. The molecule has 9 heteroatoms. The smallest absolute Gasteiger partial charge is 0.267 e. The third-order valence-corrected chi connectivity index (χ3v) is 5.51. The van der Waals surface area contributed by atoms with Gasteiger partial charge >= 0.3 is 0 Å². The second kappa shape index (κ2) is 8.12. The Hall–Kier alpha value is -3.07. The van der Waals surface area contributed by atoms with E-state index in [1.165, 1.54) is 6.33 Å². The van der Waals surface area contributed by atoms with E-state index in [2.05, 4.69) is 15.0 Å². The van der Waals surface area contributed by atoms with Gasteiger partial charge in [0.1, 0.15) is 17.8 Å². The van der Waals surface area contributed by atoms with Crippen molar-refractivity contribution in [3.05, 3.63) is 47.7 Å². The minimum Gasteiger partial charge on any atom is -0.364 e. The summed E-state index contributed by atoms with van der Waals surface area (Å²) in [6.45, 7) is 3.79. The van der Waals surface area contributed by atoms with E-state index in [9.17, 15) is 9.59 Å². The van der Waals surface area contributed by atoms with Crippen LogP contribution >= 0.6 is 0 Å². The van der Waals surface area contributed by atoms with Crippen LogP contribution in [0, 0.1) is 12.8 Å². The third-order valence-electron chi connectivity index (χ3n) is 5.51. The van der Waals surface area contributed by atoms with E-state index in [0.717, 1.165) is 17.7 Å². The Morgan fingerprint density at radius 2 is 1.93 bits per heavy atom. The largest absolute Gasteiger partial charge is 0.364 e. The molecule has 2 amide bonds. The van der Waals surface area contributed by atoms with Crippen LogP contribution in [0.3, 0.4) is 0 Å². The Kier molecular flexibility index (Phi) is 5.39. The maximum Gasteiger partial charge on any atom is 0.267 e. The standard InChI is InChI=1S/C20H24N6O3/c1-13-2-3-15(11-22-13)17-6-9-29-26(17)20(28)14-4-7-25(8-5-14)18-10-16(19(21)27)23-12-24-18/h2-3,10-12,14,17H,4-9H2,1H3,(H2,21,27)/t17-/m0/s1. The summed E-state index contributed by atoms with van der Waals surface area (Å²) in [7, 11) is 0. The van der Waals surface area contributed by atoms with Crippen LogP contribution in [0.4, 0.5) is 5.82 Å². The zero-order valence-corrected chi connectivity index (χ0v) is 16.3. The van der Waals surface area contributed by atoms with E-state index in [-0.39, 0.29) is 23.6 Å². The number of hydrogen-bond acceptors (Lipinski definition) is 7. The van der Waals surface area contributed by atoms with Gasteiger partial charge in [0.2, 0.25) is 5.91 Å². The first-order chi connectivity index (χ1) is 14.0. The summed E-state index contributed by atoms with van der Waals surface area (Å²) in [5.74, 6) is -0.0156. The van der Waals surface area contributed by atoms with Gasteiger partial charge in [-0.1, -0.05) is 6.07 Å². The maximum absolute atomic E-state index is 13.1. The summed E-state index contributed by atoms with van der Waals surface area (Å²) >= 11 is 0. The Balaban J connectivity index is 1.40. The summed E-state index contributed by atoms with van der Waals surface area (Å²) in [6.07, 6.45) is 5.31. The lowest BCUT2D eigenvalue weighted by molar-refractivity contribution is -0.182. The number of pyridine rings is 1. The molecular formula is C20H24N6O3. The van der Waals surface area contributed by atoms with Crippen LogP contribution in [0.5, 0.6) is 0 Å². The minimum atomic E-state index is -0.582. The molecule has 4 rings (SSSR count). The van der Waals surface area contributed by atoms with Crippen LogP contribution in [-0.2, 0) is 9.63 Å². The van der Waals surface area contributed by atoms with Crippen molar-refractivity contribution in [1.29, 1.82) is 0 Å². The average molecular weight is 396 g/mol. The van der Waals surface area contributed by atoms with Gasteiger partial charge in [-0.25, -0.2) is 15.0 Å². The van der Waals surface area contributed by atoms with Gasteiger partial charge in [-0.05, 0) is 31.4 Å². The van der Waals surface area contributed by atoms with E-state index < -0.39 is 5.91 Å². The van der Waals surface area contributed by atoms with Gasteiger partial charge in [0.05, 0.1) is 12.6 Å². The number of piperidine rings is 1. The third kappa shape index (κ3) is 4.04. The van der Waals surface area contributed by atoms with Gasteiger partial charge in [0.15, 0.2) is 0 Å². The summed E-state index contributed by atoms with van der Waals surface area (Å²) < 4.78 is 0. The number of hydrogen-bond donors (Lipinski definition) is 1. The van der Waals surface area contributed by atoms with E-state index >= 15 is 0 Å². The fourth-order valence-electron chi connectivity index (χ4n) is 3.86. The number of primary amides is 1. The number of amides is 2. The highest BCUT2D eigenvalue weighted by molar-refractivity contribution is 5.91. The molecule has 0 unspecified atom stereocenters. The lowest BCUT2D eigenvalue weighted by Crippen LogP contribution is -2.42. The van der Waals surface area contributed by atoms with Crippen molar-refractivity contribution in [3.63, 3.8) is 0 Å². The second-order valence-corrected chi connectivity index (χ2v) is 7.42. The molecule has 2 aromatic rings. The van der Waals surface area contributed by atoms with Crippen LogP contribution in [0.1, 0.15) is 47.1 Å². The molecular weight excluding hydrogens is 372 g/mol. The molecule has 0 saturated carbocycles. The predicted molar refractivity (Wildman–Crippen MR) is 105 cm³/mol. The van der Waals surface area contributed by atoms with Crippen molar-refractivity contribution in [2.24, 2.45) is 11.7 Å². The maximum atomic E-state index is 13.1. The summed E-state index contributed by atoms with van der Waals surface area (Å²) in [4.78, 5) is 44.6. The first kappa shape index (κ1) is 19.3. The molecule has 1 atom stereocenters. The first-order valence-corrected chi connectivity index (χ1v) is 9.78. The van der Waals surface area contributed by atoms with Gasteiger partial charge in [0, 0.05) is 43.4 Å². The molecule has 2 aromatic heterocycles. The van der Waals surface area contributed by atoms with Crippen molar-refractivity contribution in [2.45, 2.75) is 32.2 Å². The van der Waals surface area contributed by atoms with Gasteiger partial charge < -0.3 is 10.6 Å². The monoisotopic (exact) mass is 396 g/mol. The molecule has 0 aromatic carbocycles. The number of anilines is 1. The molecule has 0 aliphatic carbocycles. The molecule has 9 nitrogen and oxygen atoms in total. The van der Waals surface area contributed by atoms with Gasteiger partial charge in [-0.15, -0.1) is 0 Å². The zero-order valence-electron chi connectivity index (χ0n) is 16.3. The predicted octanol–water partition coefficient (Wildman–Crippen LogP) is 1.40. The highest BCUT2D eigenvalue weighted by Crippen LogP contribution is 2.33. The molecule has 2 fully saturated rings. The number of carbonyl (C=O) groups excluding carboxylic acids is 2. The van der Waals surface area contributed by atoms with Crippen LogP contribution in [0.2, 0.25) is 0 Å². The molecule has 2 aliphatic heterocycles. The molecule has 0 spiro atoms. The van der Waals surface area contributed by atoms with Crippen LogP contribution < -0.4 is 10.6 Å². The van der Waals surface area contributed by atoms with Crippen LogP contribution in [-0.4, -0.2) is 51.5 Å². The van der Waals surface area contributed by atoms with Crippen molar-refractivity contribution in [2.75, 3.05) is 24.6 Å². The highest BCUT2D eigenvalue weighted by Gasteiger charge is 2.37. The van der Waals surface area contributed by atoms with Crippen molar-refractivity contribution in [1.82, 2.24) is 20.0 Å². The lowest BCUT2D eigenvalue weighted by Gasteiger charge is -2.34. The fraction of sp³-hybridized carbons (Fsp3) is 0.450. The number of nitrogens with two attached hydrogens (primary N) is 1. The number of rotatable bonds is 4. The summed E-state index contributed by atoms with van der Waals surface area (Å²) in [6, 6.07) is 5.47. The van der Waals surface area contributed by atoms with Crippen molar-refractivity contribution < 1.29 is 14.4 Å². The minimum absolute atomic E-state index is 0.0215. The summed E-state index contributed by atoms with van der Waals surface area (Å²) in [5.41, 5.74) is 7.43. The molecule has 2 saturated heterocycles. The van der Waals surface area contributed by atoms with Crippen molar-refractivity contribution in [3.8, 4) is 0 Å². The quantitative estimate of drug-likeness (QED) is 0.831. The SMILES string of the molecule is Cc1ccc([C@@H]2CCON2C(=O)C2CCN(c3cc(C(N)=O)ncn3)CC2)cn1. The molecule has 2 aliphatic rings. The number of hydroxylamine groups is 2. The van der Waals surface area contributed by atoms with E-state index in [1.54, 1.807) is 11.1 Å². The number of aromatic nitrogens is 3. The number of aryl methyl sites for hydroxylation is 1.